The van der Waals surface area contributed by atoms with Gasteiger partial charge in [-0.25, -0.2) is 9.78 Å². The second-order valence-corrected chi connectivity index (χ2v) is 10.8. The van der Waals surface area contributed by atoms with E-state index in [0.29, 0.717) is 41.5 Å². The minimum atomic E-state index is -4.20. The van der Waals surface area contributed by atoms with E-state index in [-0.39, 0.29) is 33.2 Å². The number of aromatic nitrogens is 3. The van der Waals surface area contributed by atoms with Gasteiger partial charge in [0.05, 0.1) is 17.7 Å². The molecule has 6 rings (SSSR count). The molecule has 1 fully saturated rings. The topological polar surface area (TPSA) is 110 Å². The number of ether oxygens (including phenoxy) is 1. The molecule has 0 unspecified atom stereocenters. The van der Waals surface area contributed by atoms with E-state index in [0.717, 1.165) is 24.0 Å². The quantitative estimate of drug-likeness (QED) is 0.403. The van der Waals surface area contributed by atoms with Gasteiger partial charge in [-0.15, -0.1) is 11.3 Å². The number of nitrogens with one attached hydrogen (secondary N) is 2. The molecule has 1 amide bonds. The van der Waals surface area contributed by atoms with Crippen molar-refractivity contribution in [3.05, 3.63) is 61.8 Å². The van der Waals surface area contributed by atoms with Crippen molar-refractivity contribution in [2.45, 2.75) is 62.6 Å². The van der Waals surface area contributed by atoms with Crippen LogP contribution in [0.3, 0.4) is 0 Å². The number of rotatable bonds is 7. The third-order valence-corrected chi connectivity index (χ3v) is 8.31. The molecule has 1 spiro atoms. The molecule has 198 valence electrons. The Hall–Kier alpha value is -3.41. The van der Waals surface area contributed by atoms with E-state index in [2.05, 4.69) is 25.0 Å². The first kappa shape index (κ1) is 24.0. The highest BCUT2D eigenvalue weighted by Crippen LogP contribution is 2.50. The van der Waals surface area contributed by atoms with Crippen LogP contribution in [-0.2, 0) is 16.8 Å². The zero-order valence-electron chi connectivity index (χ0n) is 19.6. The Morgan fingerprint density at radius 1 is 1.27 bits per heavy atom. The summed E-state index contributed by atoms with van der Waals surface area (Å²) in [7, 11) is 0. The van der Waals surface area contributed by atoms with Crippen molar-refractivity contribution in [1.82, 2.24) is 20.4 Å². The van der Waals surface area contributed by atoms with Crippen LogP contribution in [0.25, 0.3) is 11.1 Å². The maximum Gasteiger partial charge on any atom is 0.439 e. The molecule has 12 heteroatoms. The maximum absolute atomic E-state index is 13.5. The van der Waals surface area contributed by atoms with Gasteiger partial charge in [-0.3, -0.25) is 14.3 Å². The smallest absolute Gasteiger partial charge is 0.439 e. The number of nitrogens with zero attached hydrogens (tertiary/aromatic N) is 2. The molecular weight excluding hydrogens is 509 g/mol. The molecule has 1 atom stereocenters. The summed E-state index contributed by atoms with van der Waals surface area (Å²) in [6.45, 7) is -0.0281. The number of thiazole rings is 1. The normalized spacial score (nSPS) is 21.4. The standard InChI is InChI=1S/C25H23F3N4O4S.2H2/c26-25(27,28)7-1-9-35-15-4-5-17-14(10-15)6-8-24(17)11-16(22-29-12-18(37-22)13-2-3-13)19(21(33)31-24)20-30-23(34)36-32-20;;/h4-5,10,12-13H,1-3,6-9,11H2,(H,31,33)(H,30,32,34);2*1H/t24-;;/m1../s1. The van der Waals surface area contributed by atoms with Gasteiger partial charge in [0.25, 0.3) is 5.91 Å². The molecule has 8 nitrogen and oxygen atoms in total. The number of aryl methyl sites for hydroxylation is 1. The van der Waals surface area contributed by atoms with Gasteiger partial charge in [0.15, 0.2) is 5.82 Å². The summed E-state index contributed by atoms with van der Waals surface area (Å²) in [6.07, 6.45) is 0.663. The average Bonchev–Trinajstić information content (AvgIpc) is 3.26. The highest BCUT2D eigenvalue weighted by molar-refractivity contribution is 7.13. The Morgan fingerprint density at radius 3 is 2.84 bits per heavy atom. The summed E-state index contributed by atoms with van der Waals surface area (Å²) in [5.41, 5.74) is 2.17. The SMILES string of the molecule is O=C1N[C@]2(CCc3cc(OCCCC(F)(F)F)ccc32)CC(c2ncc(C3CC3)s2)=C1c1noc(=O)[nH]1.[HH].[HH]. The van der Waals surface area contributed by atoms with Crippen molar-refractivity contribution in [1.29, 1.82) is 0 Å². The van der Waals surface area contributed by atoms with E-state index in [9.17, 15) is 22.8 Å². The fourth-order valence-electron chi connectivity index (χ4n) is 5.20. The van der Waals surface area contributed by atoms with Crippen LogP contribution in [0.1, 0.15) is 74.1 Å². The lowest BCUT2D eigenvalue weighted by Crippen LogP contribution is -2.48. The molecule has 3 aliphatic rings. The van der Waals surface area contributed by atoms with Crippen LogP contribution in [-0.4, -0.2) is 33.8 Å². The third-order valence-electron chi connectivity index (χ3n) is 7.09. The van der Waals surface area contributed by atoms with E-state index in [1.807, 2.05) is 18.3 Å². The van der Waals surface area contributed by atoms with Crippen molar-refractivity contribution in [2.75, 3.05) is 6.61 Å². The molecule has 2 N–H and O–H groups in total. The lowest BCUT2D eigenvalue weighted by molar-refractivity contribution is -0.136. The Bertz CT molecular complexity index is 1460. The Balaban J connectivity index is 0.00000176. The second-order valence-electron chi connectivity index (χ2n) is 9.74. The molecule has 2 aromatic heterocycles. The Kier molecular flexibility index (Phi) is 5.74. The number of carbonyl (C=O) groups excluding carboxylic acids is 1. The molecule has 3 heterocycles. The van der Waals surface area contributed by atoms with Crippen molar-refractivity contribution in [3.8, 4) is 5.75 Å². The van der Waals surface area contributed by atoms with Crippen molar-refractivity contribution in [2.24, 2.45) is 0 Å². The van der Waals surface area contributed by atoms with Gasteiger partial charge in [-0.2, -0.15) is 13.2 Å². The minimum absolute atomic E-state index is 0. The van der Waals surface area contributed by atoms with Gasteiger partial charge in [-0.05, 0) is 61.3 Å². The van der Waals surface area contributed by atoms with Crippen LogP contribution in [0.4, 0.5) is 13.2 Å². The van der Waals surface area contributed by atoms with Crippen LogP contribution >= 0.6 is 11.3 Å². The van der Waals surface area contributed by atoms with Gasteiger partial charge in [0.1, 0.15) is 10.8 Å². The monoisotopic (exact) mass is 536 g/mol. The van der Waals surface area contributed by atoms with E-state index in [1.54, 1.807) is 17.4 Å². The highest BCUT2D eigenvalue weighted by Gasteiger charge is 2.46. The summed E-state index contributed by atoms with van der Waals surface area (Å²) in [5.74, 6) is -0.0478. The van der Waals surface area contributed by atoms with Crippen LogP contribution in [0.15, 0.2) is 33.7 Å². The number of benzene rings is 1. The third kappa shape index (κ3) is 4.70. The Labute approximate surface area is 215 Å². The first-order chi connectivity index (χ1) is 17.7. The molecule has 0 saturated heterocycles. The van der Waals surface area contributed by atoms with Crippen molar-refractivity contribution >= 4 is 28.4 Å². The number of alkyl halides is 3. The molecule has 0 bridgehead atoms. The summed E-state index contributed by atoms with van der Waals surface area (Å²) in [4.78, 5) is 33.5. The van der Waals surface area contributed by atoms with Gasteiger partial charge in [0, 0.05) is 32.3 Å². The Morgan fingerprint density at radius 2 is 2.11 bits per heavy atom. The number of aromatic amines is 1. The second kappa shape index (κ2) is 8.86. The first-order valence-corrected chi connectivity index (χ1v) is 12.9. The van der Waals surface area contributed by atoms with E-state index in [4.69, 9.17) is 4.74 Å². The number of halogens is 3. The van der Waals surface area contributed by atoms with Gasteiger partial charge in [-0.1, -0.05) is 11.2 Å². The number of fused-ring (bicyclic) bond motifs is 2. The molecule has 0 radical (unpaired) electrons. The summed E-state index contributed by atoms with van der Waals surface area (Å²) in [6, 6.07) is 5.44. The van der Waals surface area contributed by atoms with Gasteiger partial charge < -0.3 is 10.1 Å². The van der Waals surface area contributed by atoms with Crippen molar-refractivity contribution < 1.29 is 30.1 Å². The predicted molar refractivity (Wildman–Crippen MR) is 132 cm³/mol. The lowest BCUT2D eigenvalue weighted by atomic mass is 9.80. The largest absolute Gasteiger partial charge is 0.494 e. The van der Waals surface area contributed by atoms with Crippen LogP contribution < -0.4 is 15.8 Å². The number of hydrogen-bond acceptors (Lipinski definition) is 7. The van der Waals surface area contributed by atoms with E-state index in [1.165, 1.54) is 4.88 Å². The number of hydrogen-bond donors (Lipinski definition) is 2. The minimum Gasteiger partial charge on any atom is -0.494 e. The van der Waals surface area contributed by atoms with Crippen LogP contribution in [0.5, 0.6) is 5.75 Å². The number of carbonyl (C=O) groups is 1. The lowest BCUT2D eigenvalue weighted by Gasteiger charge is -2.37. The van der Waals surface area contributed by atoms with Gasteiger partial charge in [0.2, 0.25) is 0 Å². The van der Waals surface area contributed by atoms with E-state index < -0.39 is 23.9 Å². The summed E-state index contributed by atoms with van der Waals surface area (Å²) >= 11 is 1.56. The molecular formula is C25H27F3N4O4S. The number of H-pyrrole nitrogens is 1. The zero-order chi connectivity index (χ0) is 25.8. The molecule has 37 heavy (non-hydrogen) atoms. The molecule has 1 aromatic carbocycles. The number of amides is 1. The predicted octanol–water partition coefficient (Wildman–Crippen LogP) is 5.18. The average molecular weight is 537 g/mol. The summed E-state index contributed by atoms with van der Waals surface area (Å²) < 4.78 is 47.5. The van der Waals surface area contributed by atoms with E-state index >= 15 is 0 Å². The fraction of sp³-hybridized carbons (Fsp3) is 0.440. The molecule has 2 aliphatic carbocycles. The molecule has 1 saturated carbocycles. The van der Waals surface area contributed by atoms with Crippen LogP contribution in [0, 0.1) is 0 Å². The maximum atomic E-state index is 13.5. The first-order valence-electron chi connectivity index (χ1n) is 12.1. The van der Waals surface area contributed by atoms with Gasteiger partial charge >= 0.3 is 11.9 Å². The molecule has 3 aromatic rings. The zero-order valence-corrected chi connectivity index (χ0v) is 20.4. The van der Waals surface area contributed by atoms with Crippen molar-refractivity contribution in [3.63, 3.8) is 0 Å². The van der Waals surface area contributed by atoms with Crippen LogP contribution in [0.2, 0.25) is 0 Å². The highest BCUT2D eigenvalue weighted by atomic mass is 32.1. The molecule has 1 aliphatic heterocycles. The summed E-state index contributed by atoms with van der Waals surface area (Å²) in [5, 5.41) is 7.63. The fourth-order valence-corrected chi connectivity index (χ4v) is 6.33.